The second-order valence-corrected chi connectivity index (χ2v) is 10.8. The van der Waals surface area contributed by atoms with Gasteiger partial charge in [0.05, 0.1) is 0 Å². The third kappa shape index (κ3) is 10.2. The second-order valence-electron chi connectivity index (χ2n) is 10.8. The molecule has 2 atom stereocenters. The van der Waals surface area contributed by atoms with Crippen LogP contribution in [0.4, 0.5) is 0 Å². The van der Waals surface area contributed by atoms with Crippen molar-refractivity contribution in [2.24, 2.45) is 0 Å². The van der Waals surface area contributed by atoms with E-state index in [1.54, 1.807) is 14.2 Å². The molecule has 0 aliphatic carbocycles. The monoisotopic (exact) mass is 550 g/mol. The Hall–Kier alpha value is -2.47. The Kier molecular flexibility index (Phi) is 15.1. The molecule has 0 aliphatic heterocycles. The van der Waals surface area contributed by atoms with Gasteiger partial charge in [-0.3, -0.25) is 0 Å². The maximum Gasteiger partial charge on any atom is 0.340 e. The normalized spacial score (nSPS) is 13.1. The number of rotatable bonds is 21. The van der Waals surface area contributed by atoms with E-state index in [1.807, 2.05) is 24.3 Å². The summed E-state index contributed by atoms with van der Waals surface area (Å²) in [7, 11) is 3.27. The van der Waals surface area contributed by atoms with E-state index in [9.17, 15) is 4.79 Å². The third-order valence-electron chi connectivity index (χ3n) is 7.70. The molecule has 40 heavy (non-hydrogen) atoms. The van der Waals surface area contributed by atoms with Gasteiger partial charge in [0.1, 0.15) is 12.9 Å². The van der Waals surface area contributed by atoms with Crippen molar-refractivity contribution in [3.63, 3.8) is 0 Å². The molecule has 0 saturated heterocycles. The van der Waals surface area contributed by atoms with Crippen molar-refractivity contribution in [3.8, 4) is 0 Å². The van der Waals surface area contributed by atoms with Crippen LogP contribution in [0.25, 0.3) is 21.5 Å². The van der Waals surface area contributed by atoms with E-state index in [-0.39, 0.29) is 12.1 Å². The van der Waals surface area contributed by atoms with Crippen molar-refractivity contribution >= 4 is 27.5 Å². The first-order chi connectivity index (χ1) is 19.7. The molecule has 0 amide bonds. The maximum absolute atomic E-state index is 13.7. The van der Waals surface area contributed by atoms with Crippen molar-refractivity contribution in [2.75, 3.05) is 27.6 Å². The topological polar surface area (TPSA) is 54.0 Å². The smallest absolute Gasteiger partial charge is 0.340 e. The van der Waals surface area contributed by atoms with E-state index < -0.39 is 6.10 Å². The van der Waals surface area contributed by atoms with Crippen LogP contribution in [0.3, 0.4) is 0 Å². The zero-order valence-corrected chi connectivity index (χ0v) is 25.0. The molecule has 0 saturated carbocycles. The molecule has 0 heterocycles. The number of unbranched alkanes of at least 4 members (excludes halogenated alkanes) is 9. The average molecular weight is 551 g/mol. The number of hydrogen-bond acceptors (Lipinski definition) is 5. The van der Waals surface area contributed by atoms with Crippen molar-refractivity contribution < 1.29 is 23.7 Å². The van der Waals surface area contributed by atoms with E-state index in [2.05, 4.69) is 37.3 Å². The van der Waals surface area contributed by atoms with Crippen LogP contribution in [-0.4, -0.2) is 39.7 Å². The van der Waals surface area contributed by atoms with E-state index >= 15 is 0 Å². The van der Waals surface area contributed by atoms with Gasteiger partial charge in [0.2, 0.25) is 0 Å². The first kappa shape index (κ1) is 32.0. The molecule has 0 fully saturated rings. The quantitative estimate of drug-likeness (QED) is 0.0572. The fourth-order valence-electron chi connectivity index (χ4n) is 5.55. The molecule has 5 nitrogen and oxygen atoms in total. The van der Waals surface area contributed by atoms with Crippen LogP contribution < -0.4 is 0 Å². The van der Waals surface area contributed by atoms with Crippen molar-refractivity contribution in [2.45, 2.75) is 103 Å². The molecular weight excluding hydrogens is 500 g/mol. The molecule has 0 radical (unpaired) electrons. The lowest BCUT2D eigenvalue weighted by Gasteiger charge is -2.23. The van der Waals surface area contributed by atoms with Crippen LogP contribution in [0, 0.1) is 0 Å². The van der Waals surface area contributed by atoms with Gasteiger partial charge in [-0.2, -0.15) is 0 Å². The van der Waals surface area contributed by atoms with Gasteiger partial charge in [0.15, 0.2) is 6.10 Å². The maximum atomic E-state index is 13.7. The van der Waals surface area contributed by atoms with Crippen LogP contribution in [0.15, 0.2) is 54.6 Å². The number of benzene rings is 3. The van der Waals surface area contributed by atoms with Crippen LogP contribution in [-0.2, 0) is 23.7 Å². The summed E-state index contributed by atoms with van der Waals surface area (Å²) in [6.07, 6.45) is 14.0. The Morgan fingerprint density at radius 1 is 0.725 bits per heavy atom. The second kappa shape index (κ2) is 18.8. The molecule has 220 valence electrons. The molecular formula is C35H50O5. The van der Waals surface area contributed by atoms with Crippen LogP contribution >= 0.6 is 0 Å². The van der Waals surface area contributed by atoms with E-state index in [0.717, 1.165) is 78.7 Å². The highest BCUT2D eigenvalue weighted by molar-refractivity contribution is 6.05. The lowest BCUT2D eigenvalue weighted by molar-refractivity contribution is -0.162. The molecule has 3 aromatic carbocycles. The first-order valence-electron chi connectivity index (χ1n) is 15.4. The number of carbonyl (C=O) groups excluding carboxylic acids is 1. The van der Waals surface area contributed by atoms with Crippen LogP contribution in [0.2, 0.25) is 0 Å². The summed E-state index contributed by atoms with van der Waals surface area (Å²) in [6.45, 7) is 3.38. The minimum Gasteiger partial charge on any atom is -0.460 e. The molecule has 0 bridgehead atoms. The Labute approximate surface area is 241 Å². The number of esters is 1. The number of fused-ring (bicyclic) bond motifs is 2. The van der Waals surface area contributed by atoms with Gasteiger partial charge in [0, 0.05) is 26.4 Å². The standard InChI is InChI=1S/C35H50O5/c1-4-5-12-21-30(22-13-10-8-6-7-9-11-18-25-39-27-37-2)40-35(36)34(38-3)33-31-23-16-14-19-28(31)26-29-20-15-17-24-32(29)33/h14-17,19-20,23-24,26,30,34H,4-13,18,21-22,25,27H2,1-3H3/t30-,34-/m1/s1. The zero-order valence-electron chi connectivity index (χ0n) is 25.0. The SMILES string of the molecule is CCCCC[C@H](CCCCCCCCCCOCOC)OC(=O)[C@H](OC)c1c2ccccc2cc2ccccc12. The van der Waals surface area contributed by atoms with Crippen molar-refractivity contribution in [1.29, 1.82) is 0 Å². The molecule has 0 spiro atoms. The van der Waals surface area contributed by atoms with Gasteiger partial charge in [-0.15, -0.1) is 0 Å². The first-order valence-corrected chi connectivity index (χ1v) is 15.4. The van der Waals surface area contributed by atoms with Crippen molar-refractivity contribution in [3.05, 3.63) is 60.2 Å². The minimum absolute atomic E-state index is 0.0648. The number of carbonyl (C=O) groups is 1. The molecule has 5 heteroatoms. The minimum atomic E-state index is -0.760. The largest absolute Gasteiger partial charge is 0.460 e. The van der Waals surface area contributed by atoms with Gasteiger partial charge >= 0.3 is 5.97 Å². The van der Waals surface area contributed by atoms with Gasteiger partial charge in [-0.25, -0.2) is 4.79 Å². The summed E-state index contributed by atoms with van der Waals surface area (Å²) in [5.74, 6) is -0.278. The lowest BCUT2D eigenvalue weighted by atomic mass is 9.93. The van der Waals surface area contributed by atoms with Gasteiger partial charge in [-0.1, -0.05) is 107 Å². The molecule has 3 rings (SSSR count). The number of hydrogen-bond donors (Lipinski definition) is 0. The fraction of sp³-hybridized carbons (Fsp3) is 0.571. The Morgan fingerprint density at radius 3 is 1.85 bits per heavy atom. The lowest BCUT2D eigenvalue weighted by Crippen LogP contribution is -2.25. The molecule has 3 aromatic rings. The summed E-state index contributed by atoms with van der Waals surface area (Å²) in [6, 6.07) is 18.6. The molecule has 0 aromatic heterocycles. The molecule has 0 aliphatic rings. The van der Waals surface area contributed by atoms with E-state index in [1.165, 1.54) is 38.5 Å². The van der Waals surface area contributed by atoms with Crippen LogP contribution in [0.1, 0.15) is 102 Å². The highest BCUT2D eigenvalue weighted by atomic mass is 16.7. The average Bonchev–Trinajstić information content (AvgIpc) is 2.97. The molecule has 0 N–H and O–H groups in total. The van der Waals surface area contributed by atoms with Crippen LogP contribution in [0.5, 0.6) is 0 Å². The van der Waals surface area contributed by atoms with Crippen molar-refractivity contribution in [1.82, 2.24) is 0 Å². The van der Waals surface area contributed by atoms with Gasteiger partial charge in [0.25, 0.3) is 0 Å². The highest BCUT2D eigenvalue weighted by Crippen LogP contribution is 2.35. The predicted molar refractivity (Wildman–Crippen MR) is 165 cm³/mol. The summed E-state index contributed by atoms with van der Waals surface area (Å²) >= 11 is 0. The summed E-state index contributed by atoms with van der Waals surface area (Å²) in [5.41, 5.74) is 0.902. The molecule has 0 unspecified atom stereocenters. The number of methoxy groups -OCH3 is 2. The summed E-state index contributed by atoms with van der Waals surface area (Å²) < 4.78 is 22.3. The Morgan fingerprint density at radius 2 is 1.27 bits per heavy atom. The number of ether oxygens (including phenoxy) is 4. The van der Waals surface area contributed by atoms with Gasteiger partial charge in [-0.05, 0) is 59.7 Å². The summed E-state index contributed by atoms with van der Waals surface area (Å²) in [4.78, 5) is 13.7. The van der Waals surface area contributed by atoms with E-state index in [4.69, 9.17) is 18.9 Å². The van der Waals surface area contributed by atoms with Gasteiger partial charge < -0.3 is 18.9 Å². The Balaban J connectivity index is 1.55. The highest BCUT2D eigenvalue weighted by Gasteiger charge is 2.28. The predicted octanol–water partition coefficient (Wildman–Crippen LogP) is 9.30. The third-order valence-corrected chi connectivity index (χ3v) is 7.70. The van der Waals surface area contributed by atoms with E-state index in [0.29, 0.717) is 6.79 Å². The Bertz CT molecular complexity index is 1070. The zero-order chi connectivity index (χ0) is 28.4. The fourth-order valence-corrected chi connectivity index (χ4v) is 5.55. The summed E-state index contributed by atoms with van der Waals surface area (Å²) in [5, 5.41) is 4.28.